The van der Waals surface area contributed by atoms with Gasteiger partial charge in [0.1, 0.15) is 6.61 Å². The molecule has 0 amide bonds. The van der Waals surface area contributed by atoms with Crippen LogP contribution in [0.25, 0.3) is 0 Å². The van der Waals surface area contributed by atoms with E-state index in [1.165, 1.54) is 32.1 Å². The maximum Gasteiger partial charge on any atom is 0.305 e. The Bertz CT molecular complexity index is 228. The van der Waals surface area contributed by atoms with Crippen molar-refractivity contribution in [1.29, 1.82) is 0 Å². The number of hydrogen-bond donors (Lipinski definition) is 2. The number of nitrogens with one attached hydrogen (secondary N) is 2. The summed E-state index contributed by atoms with van der Waals surface area (Å²) in [6, 6.07) is 0.284. The number of carbonyl (C=O) groups is 1. The van der Waals surface area contributed by atoms with E-state index in [0.29, 0.717) is 13.0 Å². The first-order chi connectivity index (χ1) is 9.33. The fraction of sp³-hybridized carbons (Fsp3) is 0.933. The lowest BCUT2D eigenvalue weighted by Crippen LogP contribution is -2.50. The van der Waals surface area contributed by atoms with Crippen LogP contribution in [-0.4, -0.2) is 38.3 Å². The predicted molar refractivity (Wildman–Crippen MR) is 78.2 cm³/mol. The molecule has 0 aromatic heterocycles. The van der Waals surface area contributed by atoms with Gasteiger partial charge in [0.05, 0.1) is 6.04 Å². The SMILES string of the molecule is CCCCCCCCCC(=O)OC[C@@H]1CNCCN1. The van der Waals surface area contributed by atoms with Crippen LogP contribution < -0.4 is 10.6 Å². The van der Waals surface area contributed by atoms with Gasteiger partial charge in [-0.3, -0.25) is 4.79 Å². The topological polar surface area (TPSA) is 50.4 Å². The van der Waals surface area contributed by atoms with Gasteiger partial charge in [0, 0.05) is 26.1 Å². The summed E-state index contributed by atoms with van der Waals surface area (Å²) in [5.74, 6) is -0.0408. The van der Waals surface area contributed by atoms with Gasteiger partial charge in [-0.05, 0) is 6.42 Å². The van der Waals surface area contributed by atoms with Gasteiger partial charge in [-0.15, -0.1) is 0 Å². The van der Waals surface area contributed by atoms with Crippen molar-refractivity contribution in [3.05, 3.63) is 0 Å². The van der Waals surface area contributed by atoms with Gasteiger partial charge in [0.25, 0.3) is 0 Å². The summed E-state index contributed by atoms with van der Waals surface area (Å²) in [6.45, 7) is 5.59. The molecule has 2 N–H and O–H groups in total. The molecule has 19 heavy (non-hydrogen) atoms. The van der Waals surface area contributed by atoms with Crippen molar-refractivity contribution < 1.29 is 9.53 Å². The highest BCUT2D eigenvalue weighted by molar-refractivity contribution is 5.69. The highest BCUT2D eigenvalue weighted by atomic mass is 16.5. The van der Waals surface area contributed by atoms with Crippen LogP contribution in [-0.2, 0) is 9.53 Å². The van der Waals surface area contributed by atoms with E-state index >= 15 is 0 Å². The molecule has 0 aromatic carbocycles. The second-order valence-electron chi connectivity index (χ2n) is 5.41. The highest BCUT2D eigenvalue weighted by Crippen LogP contribution is 2.08. The molecule has 0 bridgehead atoms. The Labute approximate surface area is 117 Å². The second kappa shape index (κ2) is 11.2. The van der Waals surface area contributed by atoms with Crippen molar-refractivity contribution in [2.75, 3.05) is 26.2 Å². The zero-order chi connectivity index (χ0) is 13.8. The van der Waals surface area contributed by atoms with Crippen LogP contribution in [0.4, 0.5) is 0 Å². The summed E-state index contributed by atoms with van der Waals surface area (Å²) in [7, 11) is 0. The lowest BCUT2D eigenvalue weighted by molar-refractivity contribution is -0.144. The summed E-state index contributed by atoms with van der Waals surface area (Å²) >= 11 is 0. The van der Waals surface area contributed by atoms with E-state index in [2.05, 4.69) is 17.6 Å². The molecule has 1 fully saturated rings. The monoisotopic (exact) mass is 270 g/mol. The van der Waals surface area contributed by atoms with Crippen molar-refractivity contribution in [2.24, 2.45) is 0 Å². The van der Waals surface area contributed by atoms with Crippen molar-refractivity contribution in [3.8, 4) is 0 Å². The van der Waals surface area contributed by atoms with Gasteiger partial charge in [-0.25, -0.2) is 0 Å². The number of unbranched alkanes of at least 4 members (excludes halogenated alkanes) is 6. The molecule has 4 nitrogen and oxygen atoms in total. The molecule has 0 radical (unpaired) electrons. The zero-order valence-electron chi connectivity index (χ0n) is 12.4. The first-order valence-electron chi connectivity index (χ1n) is 7.92. The first kappa shape index (κ1) is 16.4. The van der Waals surface area contributed by atoms with Crippen LogP contribution in [0, 0.1) is 0 Å². The van der Waals surface area contributed by atoms with Gasteiger partial charge in [0.15, 0.2) is 0 Å². The number of esters is 1. The normalized spacial score (nSPS) is 19.3. The number of ether oxygens (including phenoxy) is 1. The van der Waals surface area contributed by atoms with E-state index in [1.807, 2.05) is 0 Å². The van der Waals surface area contributed by atoms with E-state index in [9.17, 15) is 4.79 Å². The molecule has 0 unspecified atom stereocenters. The maximum atomic E-state index is 11.6. The Morgan fingerprint density at radius 3 is 2.53 bits per heavy atom. The molecule has 1 saturated heterocycles. The van der Waals surface area contributed by atoms with Gasteiger partial charge in [0.2, 0.25) is 0 Å². The minimum absolute atomic E-state index is 0.0408. The molecule has 1 aliphatic heterocycles. The fourth-order valence-electron chi connectivity index (χ4n) is 2.32. The summed E-state index contributed by atoms with van der Waals surface area (Å²) in [5, 5.41) is 6.61. The van der Waals surface area contributed by atoms with Crippen LogP contribution >= 0.6 is 0 Å². The van der Waals surface area contributed by atoms with Crippen molar-refractivity contribution in [1.82, 2.24) is 10.6 Å². The predicted octanol–water partition coefficient (Wildman–Crippen LogP) is 2.23. The molecule has 0 spiro atoms. The fourth-order valence-corrected chi connectivity index (χ4v) is 2.32. The van der Waals surface area contributed by atoms with Crippen molar-refractivity contribution in [2.45, 2.75) is 64.3 Å². The molecule has 1 aliphatic rings. The zero-order valence-corrected chi connectivity index (χ0v) is 12.4. The molecular formula is C15H30N2O2. The summed E-state index contributed by atoms with van der Waals surface area (Å²) in [5.41, 5.74) is 0. The standard InChI is InChI=1S/C15H30N2O2/c1-2-3-4-5-6-7-8-9-15(18)19-13-14-12-16-10-11-17-14/h14,16-17H,2-13H2,1H3/t14-/m0/s1. The summed E-state index contributed by atoms with van der Waals surface area (Å²) < 4.78 is 5.29. The van der Waals surface area contributed by atoms with E-state index in [1.54, 1.807) is 0 Å². The lowest BCUT2D eigenvalue weighted by Gasteiger charge is -2.23. The van der Waals surface area contributed by atoms with E-state index < -0.39 is 0 Å². The second-order valence-corrected chi connectivity index (χ2v) is 5.41. The molecule has 0 aliphatic carbocycles. The molecular weight excluding hydrogens is 240 g/mol. The Hall–Kier alpha value is -0.610. The molecule has 0 aromatic rings. The van der Waals surface area contributed by atoms with Gasteiger partial charge >= 0.3 is 5.97 Å². The average molecular weight is 270 g/mol. The quantitative estimate of drug-likeness (QED) is 0.472. The largest absolute Gasteiger partial charge is 0.464 e. The van der Waals surface area contributed by atoms with Gasteiger partial charge in [-0.2, -0.15) is 0 Å². The van der Waals surface area contributed by atoms with Crippen LogP contribution in [0.5, 0.6) is 0 Å². The van der Waals surface area contributed by atoms with Crippen LogP contribution in [0.15, 0.2) is 0 Å². The van der Waals surface area contributed by atoms with Gasteiger partial charge < -0.3 is 15.4 Å². The van der Waals surface area contributed by atoms with E-state index in [-0.39, 0.29) is 12.0 Å². The summed E-state index contributed by atoms with van der Waals surface area (Å²) in [6.07, 6.45) is 9.22. The molecule has 1 rings (SSSR count). The molecule has 0 saturated carbocycles. The third-order valence-electron chi connectivity index (χ3n) is 3.56. The van der Waals surface area contributed by atoms with E-state index in [4.69, 9.17) is 4.74 Å². The molecule has 4 heteroatoms. The van der Waals surface area contributed by atoms with Crippen LogP contribution in [0.2, 0.25) is 0 Å². The van der Waals surface area contributed by atoms with Gasteiger partial charge in [-0.1, -0.05) is 45.4 Å². The number of piperazine rings is 1. The first-order valence-corrected chi connectivity index (χ1v) is 7.92. The number of hydrogen-bond acceptors (Lipinski definition) is 4. The van der Waals surface area contributed by atoms with Crippen molar-refractivity contribution >= 4 is 5.97 Å². The Balaban J connectivity index is 1.87. The van der Waals surface area contributed by atoms with Crippen molar-refractivity contribution in [3.63, 3.8) is 0 Å². The minimum atomic E-state index is -0.0408. The Morgan fingerprint density at radius 2 is 1.84 bits per heavy atom. The number of carbonyl (C=O) groups excluding carboxylic acids is 1. The highest BCUT2D eigenvalue weighted by Gasteiger charge is 2.13. The lowest BCUT2D eigenvalue weighted by atomic mass is 10.1. The maximum absolute atomic E-state index is 11.6. The molecule has 1 heterocycles. The Kier molecular flexibility index (Phi) is 9.72. The average Bonchev–Trinajstić information content (AvgIpc) is 2.45. The molecule has 112 valence electrons. The summed E-state index contributed by atoms with van der Waals surface area (Å²) in [4.78, 5) is 11.6. The Morgan fingerprint density at radius 1 is 1.11 bits per heavy atom. The third-order valence-corrected chi connectivity index (χ3v) is 3.56. The van der Waals surface area contributed by atoms with Crippen LogP contribution in [0.1, 0.15) is 58.3 Å². The smallest absolute Gasteiger partial charge is 0.305 e. The molecule has 1 atom stereocenters. The minimum Gasteiger partial charge on any atom is -0.464 e. The van der Waals surface area contributed by atoms with Crippen LogP contribution in [0.3, 0.4) is 0 Å². The third kappa shape index (κ3) is 9.00. The number of rotatable bonds is 10. The van der Waals surface area contributed by atoms with E-state index in [0.717, 1.165) is 32.5 Å².